The predicted molar refractivity (Wildman–Crippen MR) is 126 cm³/mol. The Hall–Kier alpha value is -2.54. The molecule has 0 N–H and O–H groups in total. The highest BCUT2D eigenvalue weighted by atomic mass is 32.2. The second kappa shape index (κ2) is 6.98. The van der Waals surface area contributed by atoms with Gasteiger partial charge in [0.2, 0.25) is 0 Å². The predicted octanol–water partition coefficient (Wildman–Crippen LogP) is 4.74. The largest absolute Gasteiger partial charge is 0.294 e. The second-order valence-electron chi connectivity index (χ2n) is 10.6. The van der Waals surface area contributed by atoms with Crippen LogP contribution < -0.4 is 0 Å². The third-order valence-electron chi connectivity index (χ3n) is 6.91. The summed E-state index contributed by atoms with van der Waals surface area (Å²) < 4.78 is 25.1. The molecule has 0 bridgehead atoms. The van der Waals surface area contributed by atoms with Crippen LogP contribution in [0.3, 0.4) is 0 Å². The maximum atomic E-state index is 13.0. The molecule has 3 aromatic rings. The van der Waals surface area contributed by atoms with Crippen LogP contribution in [-0.4, -0.2) is 40.5 Å². The summed E-state index contributed by atoms with van der Waals surface area (Å²) in [6, 6.07) is 10.5. The van der Waals surface area contributed by atoms with Crippen molar-refractivity contribution in [1.82, 2.24) is 14.8 Å². The van der Waals surface area contributed by atoms with Gasteiger partial charge in [0.25, 0.3) is 0 Å². The van der Waals surface area contributed by atoms with Crippen LogP contribution in [0.1, 0.15) is 68.9 Å². The molecule has 32 heavy (non-hydrogen) atoms. The first-order chi connectivity index (χ1) is 15.0. The summed E-state index contributed by atoms with van der Waals surface area (Å²) >= 11 is 0. The molecule has 1 saturated carbocycles. The molecule has 0 unspecified atom stereocenters. The van der Waals surface area contributed by atoms with Gasteiger partial charge < -0.3 is 0 Å². The van der Waals surface area contributed by atoms with E-state index in [0.717, 1.165) is 22.3 Å². The van der Waals surface area contributed by atoms with Crippen LogP contribution >= 0.6 is 0 Å². The highest BCUT2D eigenvalue weighted by Gasteiger charge is 2.45. The third-order valence-corrected chi connectivity index (χ3v) is 9.19. The van der Waals surface area contributed by atoms with Crippen LogP contribution in [0.2, 0.25) is 0 Å². The number of sulfone groups is 1. The first-order valence-electron chi connectivity index (χ1n) is 11.2. The number of carbonyl (C=O) groups excluding carboxylic acids is 1. The van der Waals surface area contributed by atoms with Crippen molar-refractivity contribution >= 4 is 26.7 Å². The number of rotatable bonds is 6. The average molecular weight is 452 g/mol. The maximum Gasteiger partial charge on any atom is 0.165 e. The molecule has 0 amide bonds. The van der Waals surface area contributed by atoms with Crippen molar-refractivity contribution in [2.45, 2.75) is 58.4 Å². The lowest BCUT2D eigenvalue weighted by Crippen LogP contribution is -2.47. The molecule has 1 aromatic carbocycles. The number of carbonyl (C=O) groups is 1. The van der Waals surface area contributed by atoms with E-state index >= 15 is 0 Å². The van der Waals surface area contributed by atoms with E-state index in [1.165, 1.54) is 18.4 Å². The van der Waals surface area contributed by atoms with E-state index in [2.05, 4.69) is 50.0 Å². The van der Waals surface area contributed by atoms with Crippen LogP contribution in [0, 0.1) is 5.41 Å². The summed E-state index contributed by atoms with van der Waals surface area (Å²) in [5.41, 5.74) is 5.11. The number of hydrogen-bond donors (Lipinski definition) is 0. The van der Waals surface area contributed by atoms with Crippen molar-refractivity contribution < 1.29 is 13.2 Å². The molecule has 1 aliphatic heterocycles. The van der Waals surface area contributed by atoms with E-state index < -0.39 is 15.3 Å². The Balaban J connectivity index is 1.53. The zero-order chi connectivity index (χ0) is 22.9. The lowest BCUT2D eigenvalue weighted by atomic mass is 9.86. The Labute approximate surface area is 189 Å². The van der Waals surface area contributed by atoms with E-state index in [0.29, 0.717) is 5.56 Å². The third kappa shape index (κ3) is 3.66. The van der Waals surface area contributed by atoms with Gasteiger partial charge in [-0.3, -0.25) is 14.5 Å². The standard InChI is InChI=1S/C25H29N3O3S/c1-16(2)28-20-11-18(21(29)12-24(3)14-32(30,31)15-24)13-26-23(20)22(27-28)17-6-5-7-19(10-17)25(4)8-9-25/h5-7,10-11,13,16H,8-9,12,14-15H2,1-4H3. The summed E-state index contributed by atoms with van der Waals surface area (Å²) in [7, 11) is -2.99. The van der Waals surface area contributed by atoms with Gasteiger partial charge in [-0.05, 0) is 49.8 Å². The van der Waals surface area contributed by atoms with Gasteiger partial charge in [-0.1, -0.05) is 32.0 Å². The molecule has 7 heteroatoms. The summed E-state index contributed by atoms with van der Waals surface area (Å²) in [4.78, 5) is 17.6. The zero-order valence-corrected chi connectivity index (χ0v) is 19.9. The van der Waals surface area contributed by atoms with Gasteiger partial charge in [0.15, 0.2) is 15.6 Å². The Kier molecular flexibility index (Phi) is 4.65. The lowest BCUT2D eigenvalue weighted by molar-refractivity contribution is 0.0936. The molecular formula is C25H29N3O3S. The smallest absolute Gasteiger partial charge is 0.165 e. The topological polar surface area (TPSA) is 81.9 Å². The fourth-order valence-corrected chi connectivity index (χ4v) is 7.13. The number of pyridine rings is 1. The quantitative estimate of drug-likeness (QED) is 0.506. The molecule has 1 saturated heterocycles. The van der Waals surface area contributed by atoms with E-state index in [4.69, 9.17) is 5.10 Å². The first-order valence-corrected chi connectivity index (χ1v) is 13.0. The van der Waals surface area contributed by atoms with Gasteiger partial charge in [-0.2, -0.15) is 5.10 Å². The van der Waals surface area contributed by atoms with Crippen LogP contribution in [0.5, 0.6) is 0 Å². The molecule has 5 rings (SSSR count). The SMILES string of the molecule is CC(C)n1nc(-c2cccc(C3(C)CC3)c2)c2ncc(C(=O)CC3(C)CS(=O)(=O)C3)cc21. The van der Waals surface area contributed by atoms with Gasteiger partial charge in [0.05, 0.1) is 17.0 Å². The van der Waals surface area contributed by atoms with Gasteiger partial charge in [-0.25, -0.2) is 8.42 Å². The minimum absolute atomic E-state index is 0.0708. The molecule has 1 aliphatic carbocycles. The first kappa shape index (κ1) is 21.3. The molecule has 0 spiro atoms. The monoisotopic (exact) mass is 451 g/mol. The van der Waals surface area contributed by atoms with Gasteiger partial charge in [-0.15, -0.1) is 0 Å². The van der Waals surface area contributed by atoms with Gasteiger partial charge >= 0.3 is 0 Å². The number of ketones is 1. The molecule has 2 fully saturated rings. The number of hydrogen-bond acceptors (Lipinski definition) is 5. The summed E-state index contributed by atoms with van der Waals surface area (Å²) in [6.07, 6.45) is 4.25. The molecule has 2 aliphatic rings. The summed E-state index contributed by atoms with van der Waals surface area (Å²) in [5.74, 6) is 0.0775. The molecule has 3 heterocycles. The van der Waals surface area contributed by atoms with Crippen molar-refractivity contribution in [3.05, 3.63) is 47.7 Å². The normalized spacial score (nSPS) is 20.3. The molecule has 168 valence electrons. The number of benzene rings is 1. The summed E-state index contributed by atoms with van der Waals surface area (Å²) in [5, 5.41) is 4.89. The van der Waals surface area contributed by atoms with Crippen LogP contribution in [-0.2, 0) is 15.3 Å². The molecule has 2 aromatic heterocycles. The van der Waals surface area contributed by atoms with Crippen molar-refractivity contribution in [2.24, 2.45) is 5.41 Å². The van der Waals surface area contributed by atoms with Crippen molar-refractivity contribution in [2.75, 3.05) is 11.5 Å². The number of nitrogens with zero attached hydrogens (tertiary/aromatic N) is 3. The van der Waals surface area contributed by atoms with E-state index in [-0.39, 0.29) is 35.2 Å². The maximum absolute atomic E-state index is 13.0. The van der Waals surface area contributed by atoms with Crippen LogP contribution in [0.4, 0.5) is 0 Å². The van der Waals surface area contributed by atoms with E-state index in [1.807, 2.05) is 17.7 Å². The van der Waals surface area contributed by atoms with E-state index in [9.17, 15) is 13.2 Å². The Morgan fingerprint density at radius 3 is 2.50 bits per heavy atom. The number of fused-ring (bicyclic) bond motifs is 1. The zero-order valence-electron chi connectivity index (χ0n) is 19.1. The fourth-order valence-electron chi connectivity index (χ4n) is 4.89. The molecule has 0 atom stereocenters. The summed E-state index contributed by atoms with van der Waals surface area (Å²) in [6.45, 7) is 8.28. The van der Waals surface area contributed by atoms with Crippen LogP contribution in [0.25, 0.3) is 22.3 Å². The minimum Gasteiger partial charge on any atom is -0.294 e. The highest BCUT2D eigenvalue weighted by molar-refractivity contribution is 7.92. The molecule has 6 nitrogen and oxygen atoms in total. The Morgan fingerprint density at radius 2 is 1.88 bits per heavy atom. The second-order valence-corrected chi connectivity index (χ2v) is 12.6. The fraction of sp³-hybridized carbons (Fsp3) is 0.480. The van der Waals surface area contributed by atoms with Gasteiger partial charge in [0, 0.05) is 35.2 Å². The van der Waals surface area contributed by atoms with Crippen LogP contribution in [0.15, 0.2) is 36.5 Å². The van der Waals surface area contributed by atoms with Crippen molar-refractivity contribution in [1.29, 1.82) is 0 Å². The Bertz CT molecular complexity index is 1340. The molecule has 0 radical (unpaired) electrons. The Morgan fingerprint density at radius 1 is 1.16 bits per heavy atom. The number of aromatic nitrogens is 3. The van der Waals surface area contributed by atoms with E-state index in [1.54, 1.807) is 6.20 Å². The van der Waals surface area contributed by atoms with Gasteiger partial charge in [0.1, 0.15) is 11.2 Å². The van der Waals surface area contributed by atoms with Crippen molar-refractivity contribution in [3.8, 4) is 11.3 Å². The number of Topliss-reactive ketones (excluding diaryl/α,β-unsaturated/α-hetero) is 1. The highest BCUT2D eigenvalue weighted by Crippen LogP contribution is 2.48. The van der Waals surface area contributed by atoms with Crippen molar-refractivity contribution in [3.63, 3.8) is 0 Å². The minimum atomic E-state index is -2.99. The lowest BCUT2D eigenvalue weighted by Gasteiger charge is -2.37. The average Bonchev–Trinajstić information content (AvgIpc) is 3.33. The molecular weight excluding hydrogens is 422 g/mol.